The van der Waals surface area contributed by atoms with Crippen LogP contribution in [0.3, 0.4) is 0 Å². The predicted molar refractivity (Wildman–Crippen MR) is 87.6 cm³/mol. The van der Waals surface area contributed by atoms with Gasteiger partial charge in [-0.05, 0) is 36.9 Å². The van der Waals surface area contributed by atoms with Gasteiger partial charge in [-0.1, -0.05) is 35.0 Å². The third kappa shape index (κ3) is 4.53. The number of halogens is 3. The second-order valence-corrected chi connectivity index (χ2v) is 6.53. The zero-order valence-electron chi connectivity index (χ0n) is 11.6. The summed E-state index contributed by atoms with van der Waals surface area (Å²) < 4.78 is 28.3. The van der Waals surface area contributed by atoms with E-state index >= 15 is 0 Å². The molecule has 0 aliphatic carbocycles. The standard InChI is InChI=1S/C16H16BrF2NS/c1-2-20-15(13-4-3-5-14(18)16(13)19)10-21-12-8-6-11(17)7-9-12/h3-9,15,20H,2,10H2,1H3. The Morgan fingerprint density at radius 2 is 1.86 bits per heavy atom. The minimum absolute atomic E-state index is 0.223. The summed E-state index contributed by atoms with van der Waals surface area (Å²) in [6.07, 6.45) is 0. The molecule has 0 radical (unpaired) electrons. The molecule has 0 saturated heterocycles. The lowest BCUT2D eigenvalue weighted by molar-refractivity contribution is 0.478. The van der Waals surface area contributed by atoms with Crippen molar-refractivity contribution in [2.45, 2.75) is 17.9 Å². The molecule has 0 fully saturated rings. The van der Waals surface area contributed by atoms with Crippen LogP contribution in [0.15, 0.2) is 51.8 Å². The van der Waals surface area contributed by atoms with Gasteiger partial charge in [0.15, 0.2) is 11.6 Å². The van der Waals surface area contributed by atoms with E-state index in [9.17, 15) is 8.78 Å². The number of thioether (sulfide) groups is 1. The van der Waals surface area contributed by atoms with Gasteiger partial charge in [-0.2, -0.15) is 0 Å². The van der Waals surface area contributed by atoms with Gasteiger partial charge in [0, 0.05) is 26.7 Å². The summed E-state index contributed by atoms with van der Waals surface area (Å²) >= 11 is 5.01. The summed E-state index contributed by atoms with van der Waals surface area (Å²) in [5, 5.41) is 3.21. The fourth-order valence-corrected chi connectivity index (χ4v) is 3.25. The lowest BCUT2D eigenvalue weighted by atomic mass is 10.1. The van der Waals surface area contributed by atoms with Gasteiger partial charge < -0.3 is 5.32 Å². The normalized spacial score (nSPS) is 12.4. The Labute approximate surface area is 136 Å². The fraction of sp³-hybridized carbons (Fsp3) is 0.250. The molecule has 0 aliphatic heterocycles. The Kier molecular flexibility index (Phi) is 6.21. The molecule has 112 valence electrons. The summed E-state index contributed by atoms with van der Waals surface area (Å²) in [6.45, 7) is 2.65. The Morgan fingerprint density at radius 3 is 2.52 bits per heavy atom. The Morgan fingerprint density at radius 1 is 1.14 bits per heavy atom. The lowest BCUT2D eigenvalue weighted by Gasteiger charge is -2.19. The smallest absolute Gasteiger partial charge is 0.163 e. The fourth-order valence-electron chi connectivity index (χ4n) is 2.01. The van der Waals surface area contributed by atoms with Gasteiger partial charge >= 0.3 is 0 Å². The highest BCUT2D eigenvalue weighted by molar-refractivity contribution is 9.10. The van der Waals surface area contributed by atoms with Crippen LogP contribution < -0.4 is 5.32 Å². The van der Waals surface area contributed by atoms with Crippen molar-refractivity contribution in [3.8, 4) is 0 Å². The van der Waals surface area contributed by atoms with E-state index in [2.05, 4.69) is 21.2 Å². The summed E-state index contributed by atoms with van der Waals surface area (Å²) in [6, 6.07) is 12.0. The van der Waals surface area contributed by atoms with Gasteiger partial charge in [-0.15, -0.1) is 11.8 Å². The molecule has 1 N–H and O–H groups in total. The molecular weight excluding hydrogens is 356 g/mol. The first-order chi connectivity index (χ1) is 10.1. The van der Waals surface area contributed by atoms with Crippen molar-refractivity contribution in [1.29, 1.82) is 0 Å². The predicted octanol–water partition coefficient (Wildman–Crippen LogP) is 5.17. The topological polar surface area (TPSA) is 12.0 Å². The van der Waals surface area contributed by atoms with Gasteiger partial charge in [0.1, 0.15) is 0 Å². The van der Waals surface area contributed by atoms with Gasteiger partial charge in [0.25, 0.3) is 0 Å². The molecule has 1 atom stereocenters. The highest BCUT2D eigenvalue weighted by atomic mass is 79.9. The van der Waals surface area contributed by atoms with Crippen molar-refractivity contribution in [2.75, 3.05) is 12.3 Å². The number of rotatable bonds is 6. The molecule has 0 saturated carbocycles. The van der Waals surface area contributed by atoms with Crippen molar-refractivity contribution >= 4 is 27.7 Å². The maximum atomic E-state index is 13.9. The van der Waals surface area contributed by atoms with Crippen LogP contribution in [-0.2, 0) is 0 Å². The molecular formula is C16H16BrF2NS. The number of benzene rings is 2. The first-order valence-electron chi connectivity index (χ1n) is 6.67. The maximum Gasteiger partial charge on any atom is 0.163 e. The molecule has 0 aromatic heterocycles. The van der Waals surface area contributed by atoms with Crippen molar-refractivity contribution in [1.82, 2.24) is 5.32 Å². The van der Waals surface area contributed by atoms with E-state index in [1.165, 1.54) is 0 Å². The van der Waals surface area contributed by atoms with E-state index in [-0.39, 0.29) is 6.04 Å². The van der Waals surface area contributed by atoms with Gasteiger partial charge in [0.05, 0.1) is 0 Å². The quantitative estimate of drug-likeness (QED) is 0.702. The first-order valence-corrected chi connectivity index (χ1v) is 8.45. The van der Waals surface area contributed by atoms with E-state index < -0.39 is 11.6 Å². The molecule has 0 amide bonds. The van der Waals surface area contributed by atoms with Crippen LogP contribution in [0.25, 0.3) is 0 Å². The third-order valence-corrected chi connectivity index (χ3v) is 4.67. The van der Waals surface area contributed by atoms with Crippen molar-refractivity contribution < 1.29 is 8.78 Å². The average Bonchev–Trinajstić information content (AvgIpc) is 2.48. The van der Waals surface area contributed by atoms with E-state index in [4.69, 9.17) is 0 Å². The molecule has 5 heteroatoms. The SMILES string of the molecule is CCNC(CSc1ccc(Br)cc1)c1cccc(F)c1F. The second kappa shape index (κ2) is 7.92. The van der Waals surface area contributed by atoms with Crippen LogP contribution in [0.4, 0.5) is 8.78 Å². The summed E-state index contributed by atoms with van der Waals surface area (Å²) in [5.41, 5.74) is 0.376. The van der Waals surface area contributed by atoms with Crippen molar-refractivity contribution in [3.63, 3.8) is 0 Å². The Bertz CT molecular complexity index is 589. The largest absolute Gasteiger partial charge is 0.309 e. The van der Waals surface area contributed by atoms with E-state index in [0.717, 1.165) is 15.4 Å². The third-order valence-electron chi connectivity index (χ3n) is 3.04. The highest BCUT2D eigenvalue weighted by Crippen LogP contribution is 2.27. The zero-order chi connectivity index (χ0) is 15.2. The zero-order valence-corrected chi connectivity index (χ0v) is 14.0. The number of nitrogens with one attached hydrogen (secondary N) is 1. The van der Waals surface area contributed by atoms with E-state index in [0.29, 0.717) is 17.9 Å². The second-order valence-electron chi connectivity index (χ2n) is 4.52. The van der Waals surface area contributed by atoms with Crippen LogP contribution in [0.5, 0.6) is 0 Å². The highest BCUT2D eigenvalue weighted by Gasteiger charge is 2.17. The number of hydrogen-bond donors (Lipinski definition) is 1. The van der Waals surface area contributed by atoms with E-state index in [1.807, 2.05) is 31.2 Å². The molecule has 2 aromatic carbocycles. The van der Waals surface area contributed by atoms with Crippen LogP contribution in [0.1, 0.15) is 18.5 Å². The molecule has 0 bridgehead atoms. The minimum atomic E-state index is -0.802. The monoisotopic (exact) mass is 371 g/mol. The first kappa shape index (κ1) is 16.5. The molecule has 1 unspecified atom stereocenters. The Balaban J connectivity index is 2.12. The maximum absolute atomic E-state index is 13.9. The van der Waals surface area contributed by atoms with Gasteiger partial charge in [-0.3, -0.25) is 0 Å². The van der Waals surface area contributed by atoms with Crippen LogP contribution in [0, 0.1) is 11.6 Å². The molecule has 2 aromatic rings. The molecule has 0 spiro atoms. The van der Waals surface area contributed by atoms with Crippen LogP contribution >= 0.6 is 27.7 Å². The Hall–Kier alpha value is -0.910. The minimum Gasteiger partial charge on any atom is -0.309 e. The molecule has 0 aliphatic rings. The van der Waals surface area contributed by atoms with Crippen LogP contribution in [0.2, 0.25) is 0 Å². The molecule has 21 heavy (non-hydrogen) atoms. The van der Waals surface area contributed by atoms with Crippen molar-refractivity contribution in [2.24, 2.45) is 0 Å². The van der Waals surface area contributed by atoms with E-state index in [1.54, 1.807) is 23.9 Å². The van der Waals surface area contributed by atoms with Crippen LogP contribution in [-0.4, -0.2) is 12.3 Å². The number of hydrogen-bond acceptors (Lipinski definition) is 2. The average molecular weight is 372 g/mol. The lowest BCUT2D eigenvalue weighted by Crippen LogP contribution is -2.24. The molecule has 1 nitrogen and oxygen atoms in total. The summed E-state index contributed by atoms with van der Waals surface area (Å²) in [7, 11) is 0. The van der Waals surface area contributed by atoms with Crippen molar-refractivity contribution in [3.05, 3.63) is 64.1 Å². The van der Waals surface area contributed by atoms with Gasteiger partial charge in [0.2, 0.25) is 0 Å². The van der Waals surface area contributed by atoms with Gasteiger partial charge in [-0.25, -0.2) is 8.78 Å². The summed E-state index contributed by atoms with van der Waals surface area (Å²) in [5.74, 6) is -0.931. The molecule has 2 rings (SSSR count). The molecule has 0 heterocycles. The summed E-state index contributed by atoms with van der Waals surface area (Å²) in [4.78, 5) is 1.10.